The fourth-order valence-electron chi connectivity index (χ4n) is 5.21. The largest absolute Gasteiger partial charge is 0.298 e. The van der Waals surface area contributed by atoms with Crippen molar-refractivity contribution in [2.24, 2.45) is 0 Å². The predicted molar refractivity (Wildman–Crippen MR) is 140 cm³/mol. The Morgan fingerprint density at radius 2 is 1.47 bits per heavy atom. The van der Waals surface area contributed by atoms with E-state index in [4.69, 9.17) is 0 Å². The van der Waals surface area contributed by atoms with Crippen molar-refractivity contribution in [3.05, 3.63) is 94.0 Å². The number of carbonyl (C=O) groups excluding carboxylic acids is 1. The molecule has 0 saturated carbocycles. The van der Waals surface area contributed by atoms with E-state index in [0.717, 1.165) is 22.9 Å². The maximum Gasteiger partial charge on any atom is 0.244 e. The molecule has 3 aromatic rings. The highest BCUT2D eigenvalue weighted by atomic mass is 32.2. The number of hydrogen-bond acceptors (Lipinski definition) is 5. The molecule has 0 aliphatic carbocycles. The number of sulfone groups is 1. The summed E-state index contributed by atoms with van der Waals surface area (Å²) in [4.78, 5) is 14.0. The number of carbonyl (C=O) groups is 1. The van der Waals surface area contributed by atoms with Crippen LogP contribution in [0.3, 0.4) is 0 Å². The standard InChI is InChI=1S/C28H31NO5S2/c1-19-15-20(2)28(21(3)16-19)36(33,34)29-18-24-11-6-5-10-23(24)17-25(29)26(30)14-13-22-9-7-8-12-27(22)35(4,31)32/h5-12,15-16,25H,13-14,17-18H2,1-4H3. The van der Waals surface area contributed by atoms with Crippen molar-refractivity contribution in [1.82, 2.24) is 4.31 Å². The highest BCUT2D eigenvalue weighted by Crippen LogP contribution is 2.33. The number of nitrogens with zero attached hydrogens (tertiary/aromatic N) is 1. The van der Waals surface area contributed by atoms with E-state index in [0.29, 0.717) is 16.7 Å². The smallest absolute Gasteiger partial charge is 0.244 e. The van der Waals surface area contributed by atoms with Crippen molar-refractivity contribution >= 4 is 25.6 Å². The van der Waals surface area contributed by atoms with Gasteiger partial charge in [-0.1, -0.05) is 60.2 Å². The lowest BCUT2D eigenvalue weighted by Gasteiger charge is -2.36. The number of ketones is 1. The minimum atomic E-state index is -3.97. The molecule has 36 heavy (non-hydrogen) atoms. The van der Waals surface area contributed by atoms with Gasteiger partial charge in [-0.3, -0.25) is 4.79 Å². The molecule has 0 amide bonds. The van der Waals surface area contributed by atoms with Crippen LogP contribution in [0.1, 0.15) is 39.8 Å². The molecule has 6 nitrogen and oxygen atoms in total. The first kappa shape index (κ1) is 26.3. The summed E-state index contributed by atoms with van der Waals surface area (Å²) in [6.07, 6.45) is 1.69. The van der Waals surface area contributed by atoms with Gasteiger partial charge in [0.1, 0.15) is 0 Å². The van der Waals surface area contributed by atoms with Gasteiger partial charge >= 0.3 is 0 Å². The zero-order valence-electron chi connectivity index (χ0n) is 21.0. The Labute approximate surface area is 213 Å². The maximum atomic E-state index is 14.0. The van der Waals surface area contributed by atoms with Gasteiger partial charge in [-0.05, 0) is 67.5 Å². The minimum absolute atomic E-state index is 0.0389. The second-order valence-corrected chi connectivity index (χ2v) is 13.4. The zero-order valence-corrected chi connectivity index (χ0v) is 22.6. The van der Waals surface area contributed by atoms with Gasteiger partial charge in [0, 0.05) is 19.2 Å². The van der Waals surface area contributed by atoms with Gasteiger partial charge in [0.05, 0.1) is 15.8 Å². The molecule has 1 atom stereocenters. The van der Waals surface area contributed by atoms with Gasteiger partial charge in [-0.2, -0.15) is 4.31 Å². The number of fused-ring (bicyclic) bond motifs is 1. The van der Waals surface area contributed by atoms with E-state index in [2.05, 4.69) is 0 Å². The summed E-state index contributed by atoms with van der Waals surface area (Å²) in [5.41, 5.74) is 4.68. The molecule has 0 aromatic heterocycles. The van der Waals surface area contributed by atoms with Crippen molar-refractivity contribution < 1.29 is 21.6 Å². The van der Waals surface area contributed by atoms with Gasteiger partial charge < -0.3 is 0 Å². The van der Waals surface area contributed by atoms with E-state index in [9.17, 15) is 21.6 Å². The van der Waals surface area contributed by atoms with Crippen LogP contribution in [0.15, 0.2) is 70.5 Å². The lowest BCUT2D eigenvalue weighted by atomic mass is 9.91. The second-order valence-electron chi connectivity index (χ2n) is 9.61. The van der Waals surface area contributed by atoms with Gasteiger partial charge in [0.15, 0.2) is 15.6 Å². The molecule has 0 N–H and O–H groups in total. The molecular formula is C28H31NO5S2. The Kier molecular flexibility index (Phi) is 7.23. The lowest BCUT2D eigenvalue weighted by Crippen LogP contribution is -2.48. The third kappa shape index (κ3) is 5.16. The van der Waals surface area contributed by atoms with Crippen LogP contribution in [0.5, 0.6) is 0 Å². The Balaban J connectivity index is 1.71. The molecule has 0 bridgehead atoms. The van der Waals surface area contributed by atoms with Crippen LogP contribution >= 0.6 is 0 Å². The van der Waals surface area contributed by atoms with E-state index in [1.165, 1.54) is 10.4 Å². The van der Waals surface area contributed by atoms with Crippen molar-refractivity contribution in [3.8, 4) is 0 Å². The van der Waals surface area contributed by atoms with E-state index in [1.807, 2.05) is 43.3 Å². The molecule has 1 aliphatic heterocycles. The molecule has 8 heteroatoms. The molecule has 4 rings (SSSR count). The third-order valence-electron chi connectivity index (χ3n) is 6.76. The van der Waals surface area contributed by atoms with Crippen LogP contribution < -0.4 is 0 Å². The lowest BCUT2D eigenvalue weighted by molar-refractivity contribution is -0.123. The highest BCUT2D eigenvalue weighted by Gasteiger charge is 2.40. The number of rotatable bonds is 7. The molecule has 190 valence electrons. The first-order valence-electron chi connectivity index (χ1n) is 11.9. The SMILES string of the molecule is Cc1cc(C)c(S(=O)(=O)N2Cc3ccccc3CC2C(=O)CCc2ccccc2S(C)(=O)=O)c(C)c1. The molecule has 1 aliphatic rings. The predicted octanol–water partition coefficient (Wildman–Crippen LogP) is 4.33. The Morgan fingerprint density at radius 3 is 2.11 bits per heavy atom. The Hall–Kier alpha value is -2.81. The molecule has 1 heterocycles. The Bertz CT molecular complexity index is 1520. The summed E-state index contributed by atoms with van der Waals surface area (Å²) in [6.45, 7) is 5.60. The first-order valence-corrected chi connectivity index (χ1v) is 15.2. The average Bonchev–Trinajstić information content (AvgIpc) is 2.80. The summed E-state index contributed by atoms with van der Waals surface area (Å²) in [6, 6.07) is 17.0. The van der Waals surface area contributed by atoms with Gasteiger partial charge in [0.2, 0.25) is 10.0 Å². The number of Topliss-reactive ketones (excluding diaryl/α,β-unsaturated/α-hetero) is 1. The molecule has 0 fully saturated rings. The highest BCUT2D eigenvalue weighted by molar-refractivity contribution is 7.90. The van der Waals surface area contributed by atoms with E-state index >= 15 is 0 Å². The van der Waals surface area contributed by atoms with Crippen LogP contribution in [0, 0.1) is 20.8 Å². The van der Waals surface area contributed by atoms with E-state index in [1.54, 1.807) is 32.0 Å². The first-order chi connectivity index (χ1) is 16.9. The van der Waals surface area contributed by atoms with Gasteiger partial charge in [-0.25, -0.2) is 16.8 Å². The molecule has 0 radical (unpaired) electrons. The molecule has 3 aromatic carbocycles. The van der Waals surface area contributed by atoms with Crippen LogP contribution in [0.25, 0.3) is 0 Å². The number of hydrogen-bond donors (Lipinski definition) is 0. The minimum Gasteiger partial charge on any atom is -0.298 e. The van der Waals surface area contributed by atoms with Gasteiger partial charge in [0.25, 0.3) is 0 Å². The van der Waals surface area contributed by atoms with Crippen LogP contribution in [-0.4, -0.2) is 39.2 Å². The summed E-state index contributed by atoms with van der Waals surface area (Å²) >= 11 is 0. The monoisotopic (exact) mass is 525 g/mol. The summed E-state index contributed by atoms with van der Waals surface area (Å²) in [5, 5.41) is 0. The quantitative estimate of drug-likeness (QED) is 0.458. The van der Waals surface area contributed by atoms with Crippen LogP contribution in [0.4, 0.5) is 0 Å². The van der Waals surface area contributed by atoms with Crippen molar-refractivity contribution in [2.45, 2.75) is 62.4 Å². The molecule has 0 spiro atoms. The number of aryl methyl sites for hydroxylation is 4. The number of benzene rings is 3. The normalized spacial score (nSPS) is 16.5. The van der Waals surface area contributed by atoms with Crippen molar-refractivity contribution in [2.75, 3.05) is 6.26 Å². The fourth-order valence-corrected chi connectivity index (χ4v) is 8.19. The van der Waals surface area contributed by atoms with Crippen LogP contribution in [0.2, 0.25) is 0 Å². The Morgan fingerprint density at radius 1 is 0.889 bits per heavy atom. The second kappa shape index (κ2) is 9.92. The van der Waals surface area contributed by atoms with Crippen LogP contribution in [-0.2, 0) is 44.0 Å². The maximum absolute atomic E-state index is 14.0. The third-order valence-corrected chi connectivity index (χ3v) is 10.1. The van der Waals surface area contributed by atoms with E-state index in [-0.39, 0.29) is 41.4 Å². The summed E-state index contributed by atoms with van der Waals surface area (Å²) in [7, 11) is -7.42. The van der Waals surface area contributed by atoms with Gasteiger partial charge in [-0.15, -0.1) is 0 Å². The van der Waals surface area contributed by atoms with Crippen molar-refractivity contribution in [3.63, 3.8) is 0 Å². The van der Waals surface area contributed by atoms with E-state index < -0.39 is 25.9 Å². The average molecular weight is 526 g/mol. The molecule has 0 saturated heterocycles. The fraction of sp³-hybridized carbons (Fsp3) is 0.321. The summed E-state index contributed by atoms with van der Waals surface area (Å²) < 4.78 is 53.8. The number of sulfonamides is 1. The zero-order chi connectivity index (χ0) is 26.3. The summed E-state index contributed by atoms with van der Waals surface area (Å²) in [5.74, 6) is -0.223. The topological polar surface area (TPSA) is 88.6 Å². The molecule has 1 unspecified atom stereocenters. The van der Waals surface area contributed by atoms with Crippen molar-refractivity contribution in [1.29, 1.82) is 0 Å². The molecular weight excluding hydrogens is 494 g/mol.